The standard InChI is InChI=1S/C23H29ClN2O2S/c1-4-21(23(28)25-14-17(2)3)26(15-18-10-12-19(24)13-11-18)22(27)16-29-20-8-6-5-7-9-20/h5-13,17,21H,4,14-16H2,1-3H3,(H,25,28). The van der Waals surface area contributed by atoms with Gasteiger partial charge >= 0.3 is 0 Å². The van der Waals surface area contributed by atoms with E-state index in [4.69, 9.17) is 11.6 Å². The Morgan fingerprint density at radius 1 is 1.07 bits per heavy atom. The highest BCUT2D eigenvalue weighted by Crippen LogP contribution is 2.20. The molecule has 1 unspecified atom stereocenters. The minimum atomic E-state index is -0.506. The zero-order valence-corrected chi connectivity index (χ0v) is 18.8. The quantitative estimate of drug-likeness (QED) is 0.537. The maximum atomic E-state index is 13.1. The lowest BCUT2D eigenvalue weighted by atomic mass is 10.1. The lowest BCUT2D eigenvalue weighted by Gasteiger charge is -2.31. The second kappa shape index (κ2) is 11.9. The third-order valence-electron chi connectivity index (χ3n) is 4.44. The van der Waals surface area contributed by atoms with Gasteiger partial charge in [0.05, 0.1) is 5.75 Å². The van der Waals surface area contributed by atoms with E-state index in [1.54, 1.807) is 17.0 Å². The molecule has 0 aliphatic rings. The first kappa shape index (κ1) is 23.3. The van der Waals surface area contributed by atoms with Crippen LogP contribution in [0.15, 0.2) is 59.5 Å². The summed E-state index contributed by atoms with van der Waals surface area (Å²) in [5, 5.41) is 3.62. The van der Waals surface area contributed by atoms with E-state index in [0.29, 0.717) is 30.5 Å². The van der Waals surface area contributed by atoms with Gasteiger partial charge in [-0.1, -0.05) is 62.7 Å². The molecule has 2 aromatic rings. The molecule has 1 N–H and O–H groups in total. The molecule has 2 amide bonds. The Morgan fingerprint density at radius 2 is 1.72 bits per heavy atom. The highest BCUT2D eigenvalue weighted by atomic mass is 35.5. The number of hydrogen-bond acceptors (Lipinski definition) is 3. The van der Waals surface area contributed by atoms with Crippen molar-refractivity contribution >= 4 is 35.2 Å². The molecule has 0 heterocycles. The first-order chi connectivity index (χ1) is 13.9. The molecule has 2 rings (SSSR count). The molecule has 0 spiro atoms. The van der Waals surface area contributed by atoms with E-state index in [1.165, 1.54) is 11.8 Å². The van der Waals surface area contributed by atoms with Gasteiger partial charge in [0.25, 0.3) is 0 Å². The summed E-state index contributed by atoms with van der Waals surface area (Å²) in [7, 11) is 0. The Bertz CT molecular complexity index is 781. The van der Waals surface area contributed by atoms with Crippen LogP contribution >= 0.6 is 23.4 Å². The van der Waals surface area contributed by atoms with E-state index >= 15 is 0 Å². The predicted molar refractivity (Wildman–Crippen MR) is 121 cm³/mol. The average molecular weight is 433 g/mol. The molecule has 2 aromatic carbocycles. The fraction of sp³-hybridized carbons (Fsp3) is 0.391. The molecule has 29 heavy (non-hydrogen) atoms. The SMILES string of the molecule is CCC(C(=O)NCC(C)C)N(Cc1ccc(Cl)cc1)C(=O)CSc1ccccc1. The van der Waals surface area contributed by atoms with Gasteiger partial charge in [0.2, 0.25) is 11.8 Å². The number of hydrogen-bond donors (Lipinski definition) is 1. The van der Waals surface area contributed by atoms with Crippen molar-refractivity contribution in [2.45, 2.75) is 44.7 Å². The number of halogens is 1. The third-order valence-corrected chi connectivity index (χ3v) is 5.69. The lowest BCUT2D eigenvalue weighted by Crippen LogP contribution is -2.50. The van der Waals surface area contributed by atoms with Gasteiger partial charge < -0.3 is 10.2 Å². The van der Waals surface area contributed by atoms with E-state index in [0.717, 1.165) is 10.5 Å². The predicted octanol–water partition coefficient (Wildman–Crippen LogP) is 5.01. The van der Waals surface area contributed by atoms with E-state index < -0.39 is 6.04 Å². The largest absolute Gasteiger partial charge is 0.354 e. The van der Waals surface area contributed by atoms with Crippen molar-refractivity contribution in [1.82, 2.24) is 10.2 Å². The molecule has 6 heteroatoms. The van der Waals surface area contributed by atoms with E-state index in [1.807, 2.05) is 63.2 Å². The van der Waals surface area contributed by atoms with Crippen molar-refractivity contribution in [3.63, 3.8) is 0 Å². The van der Waals surface area contributed by atoms with Gasteiger partial charge in [-0.15, -0.1) is 11.8 Å². The van der Waals surface area contributed by atoms with Gasteiger partial charge in [0.15, 0.2) is 0 Å². The summed E-state index contributed by atoms with van der Waals surface area (Å²) < 4.78 is 0. The summed E-state index contributed by atoms with van der Waals surface area (Å²) in [6, 6.07) is 16.7. The molecule has 4 nitrogen and oxygen atoms in total. The highest BCUT2D eigenvalue weighted by molar-refractivity contribution is 8.00. The molecular weight excluding hydrogens is 404 g/mol. The molecule has 0 saturated heterocycles. The normalized spacial score (nSPS) is 11.9. The van der Waals surface area contributed by atoms with Crippen LogP contribution in [0.3, 0.4) is 0 Å². The Hall–Kier alpha value is -1.98. The topological polar surface area (TPSA) is 49.4 Å². The smallest absolute Gasteiger partial charge is 0.242 e. The zero-order chi connectivity index (χ0) is 21.2. The van der Waals surface area contributed by atoms with Crippen molar-refractivity contribution in [3.05, 3.63) is 65.2 Å². The van der Waals surface area contributed by atoms with Crippen molar-refractivity contribution < 1.29 is 9.59 Å². The summed E-state index contributed by atoms with van der Waals surface area (Å²) in [4.78, 5) is 28.7. The number of nitrogens with zero attached hydrogens (tertiary/aromatic N) is 1. The first-order valence-electron chi connectivity index (χ1n) is 9.90. The van der Waals surface area contributed by atoms with Crippen LogP contribution in [0.4, 0.5) is 0 Å². The summed E-state index contributed by atoms with van der Waals surface area (Å²) in [6.07, 6.45) is 0.555. The van der Waals surface area contributed by atoms with Crippen molar-refractivity contribution in [1.29, 1.82) is 0 Å². The Kier molecular flexibility index (Phi) is 9.55. The second-order valence-electron chi connectivity index (χ2n) is 7.31. The molecule has 0 aliphatic heterocycles. The fourth-order valence-corrected chi connectivity index (χ4v) is 3.80. The van der Waals surface area contributed by atoms with Gasteiger partial charge in [0.1, 0.15) is 6.04 Å². The second-order valence-corrected chi connectivity index (χ2v) is 8.80. The Labute approximate surface area is 183 Å². The van der Waals surface area contributed by atoms with Crippen LogP contribution in [-0.2, 0) is 16.1 Å². The van der Waals surface area contributed by atoms with Crippen LogP contribution in [0.1, 0.15) is 32.8 Å². The number of thioether (sulfide) groups is 1. The summed E-state index contributed by atoms with van der Waals surface area (Å²) in [5.41, 5.74) is 0.947. The highest BCUT2D eigenvalue weighted by Gasteiger charge is 2.28. The van der Waals surface area contributed by atoms with E-state index in [-0.39, 0.29) is 17.6 Å². The monoisotopic (exact) mass is 432 g/mol. The van der Waals surface area contributed by atoms with Crippen LogP contribution < -0.4 is 5.32 Å². The van der Waals surface area contributed by atoms with Gasteiger partial charge in [-0.3, -0.25) is 9.59 Å². The molecule has 0 radical (unpaired) electrons. The Balaban J connectivity index is 2.16. The molecule has 1 atom stereocenters. The van der Waals surface area contributed by atoms with Crippen molar-refractivity contribution in [2.24, 2.45) is 5.92 Å². The zero-order valence-electron chi connectivity index (χ0n) is 17.2. The average Bonchev–Trinajstić information content (AvgIpc) is 2.72. The fourth-order valence-electron chi connectivity index (χ4n) is 2.87. The third kappa shape index (κ3) is 7.75. The lowest BCUT2D eigenvalue weighted by molar-refractivity contribution is -0.139. The van der Waals surface area contributed by atoms with Gasteiger partial charge in [-0.2, -0.15) is 0 Å². The van der Waals surface area contributed by atoms with Crippen LogP contribution in [-0.4, -0.2) is 35.1 Å². The first-order valence-corrected chi connectivity index (χ1v) is 11.3. The van der Waals surface area contributed by atoms with Crippen LogP contribution in [0.2, 0.25) is 5.02 Å². The molecule has 0 saturated carbocycles. The summed E-state index contributed by atoms with van der Waals surface area (Å²) >= 11 is 7.48. The molecule has 0 aromatic heterocycles. The molecule has 0 fully saturated rings. The number of carbonyl (C=O) groups is 2. The number of carbonyl (C=O) groups excluding carboxylic acids is 2. The number of benzene rings is 2. The Morgan fingerprint density at radius 3 is 2.31 bits per heavy atom. The summed E-state index contributed by atoms with van der Waals surface area (Å²) in [6.45, 7) is 7.00. The molecular formula is C23H29ClN2O2S. The van der Waals surface area contributed by atoms with Crippen molar-refractivity contribution in [2.75, 3.05) is 12.3 Å². The number of rotatable bonds is 10. The minimum absolute atomic E-state index is 0.0552. The van der Waals surface area contributed by atoms with Gasteiger partial charge in [-0.05, 0) is 42.2 Å². The van der Waals surface area contributed by atoms with Crippen molar-refractivity contribution in [3.8, 4) is 0 Å². The molecule has 0 bridgehead atoms. The van der Waals surface area contributed by atoms with E-state index in [2.05, 4.69) is 5.32 Å². The maximum Gasteiger partial charge on any atom is 0.242 e. The molecule has 0 aliphatic carbocycles. The maximum absolute atomic E-state index is 13.1. The number of nitrogens with one attached hydrogen (secondary N) is 1. The molecule has 156 valence electrons. The van der Waals surface area contributed by atoms with Crippen LogP contribution in [0.5, 0.6) is 0 Å². The van der Waals surface area contributed by atoms with Gasteiger partial charge in [-0.25, -0.2) is 0 Å². The van der Waals surface area contributed by atoms with Crippen LogP contribution in [0, 0.1) is 5.92 Å². The summed E-state index contributed by atoms with van der Waals surface area (Å²) in [5.74, 6) is 0.477. The van der Waals surface area contributed by atoms with E-state index in [9.17, 15) is 9.59 Å². The minimum Gasteiger partial charge on any atom is -0.354 e. The number of amides is 2. The van der Waals surface area contributed by atoms with Crippen LogP contribution in [0.25, 0.3) is 0 Å². The van der Waals surface area contributed by atoms with Gasteiger partial charge in [0, 0.05) is 23.0 Å².